The Balaban J connectivity index is 1.91. The molecule has 0 radical (unpaired) electrons. The molecule has 0 aliphatic heterocycles. The van der Waals surface area contributed by atoms with Gasteiger partial charge in [0.25, 0.3) is 11.5 Å². The molecule has 1 aliphatic rings. The van der Waals surface area contributed by atoms with E-state index in [0.717, 1.165) is 12.8 Å². The van der Waals surface area contributed by atoms with Crippen molar-refractivity contribution in [3.8, 4) is 0 Å². The minimum Gasteiger partial charge on any atom is -0.442 e. The van der Waals surface area contributed by atoms with Crippen LogP contribution in [0.4, 0.5) is 0 Å². The van der Waals surface area contributed by atoms with E-state index >= 15 is 0 Å². The molecule has 7 heteroatoms. The van der Waals surface area contributed by atoms with E-state index in [2.05, 4.69) is 10.3 Å². The second kappa shape index (κ2) is 5.00. The molecule has 1 unspecified atom stereocenters. The molecule has 1 amide bonds. The molecule has 112 valence electrons. The zero-order chi connectivity index (χ0) is 15.1. The Kier molecular flexibility index (Phi) is 3.29. The normalized spacial score (nSPS) is 16.1. The lowest BCUT2D eigenvalue weighted by Crippen LogP contribution is -2.39. The summed E-state index contributed by atoms with van der Waals surface area (Å²) in [6, 6.07) is -0.0339. The number of hydrogen-bond acceptors (Lipinski definition) is 5. The maximum absolute atomic E-state index is 12.3. The lowest BCUT2D eigenvalue weighted by molar-refractivity contribution is 0.0950. The number of aromatic nitrogens is 2. The van der Waals surface area contributed by atoms with Crippen molar-refractivity contribution >= 4 is 17.0 Å². The number of rotatable bonds is 4. The fourth-order valence-electron chi connectivity index (χ4n) is 2.45. The van der Waals surface area contributed by atoms with Gasteiger partial charge in [-0.25, -0.2) is 4.98 Å². The van der Waals surface area contributed by atoms with Gasteiger partial charge in [-0.1, -0.05) is 0 Å². The van der Waals surface area contributed by atoms with Crippen molar-refractivity contribution in [3.63, 3.8) is 0 Å². The number of aryl methyl sites for hydroxylation is 2. The molecule has 1 fully saturated rings. The van der Waals surface area contributed by atoms with Crippen LogP contribution in [0.1, 0.15) is 29.0 Å². The van der Waals surface area contributed by atoms with Crippen molar-refractivity contribution in [2.24, 2.45) is 18.7 Å². The first-order valence-electron chi connectivity index (χ1n) is 6.97. The lowest BCUT2D eigenvalue weighted by atomic mass is 10.1. The molecule has 3 rings (SSSR count). The molecule has 0 spiro atoms. The molecule has 1 saturated carbocycles. The SMILES string of the molecule is Cc1oc2ncn(C)c(=O)c2c1C(=O)NCC(N)C1CC1. The molecule has 2 aromatic heterocycles. The van der Waals surface area contributed by atoms with Gasteiger partial charge in [-0.2, -0.15) is 0 Å². The van der Waals surface area contributed by atoms with E-state index in [0.29, 0.717) is 18.2 Å². The zero-order valence-corrected chi connectivity index (χ0v) is 12.0. The van der Waals surface area contributed by atoms with E-state index in [-0.39, 0.29) is 34.2 Å². The van der Waals surface area contributed by atoms with Gasteiger partial charge in [0.2, 0.25) is 5.71 Å². The lowest BCUT2D eigenvalue weighted by Gasteiger charge is -2.11. The largest absolute Gasteiger partial charge is 0.442 e. The van der Waals surface area contributed by atoms with Crippen molar-refractivity contribution in [1.29, 1.82) is 0 Å². The highest BCUT2D eigenvalue weighted by molar-refractivity contribution is 6.06. The maximum atomic E-state index is 12.3. The number of hydrogen-bond donors (Lipinski definition) is 2. The van der Waals surface area contributed by atoms with Crippen LogP contribution in [0.5, 0.6) is 0 Å². The number of nitrogens with two attached hydrogens (primary N) is 1. The highest BCUT2D eigenvalue weighted by Gasteiger charge is 2.29. The standard InChI is InChI=1S/C14H18N4O3/c1-7-10(12(19)16-5-9(15)8-3-4-8)11-13(21-7)17-6-18(2)14(11)20/h6,8-9H,3-5,15H2,1-2H3,(H,16,19). The summed E-state index contributed by atoms with van der Waals surface area (Å²) < 4.78 is 6.73. The smallest absolute Gasteiger partial charge is 0.265 e. The van der Waals surface area contributed by atoms with Crippen LogP contribution in [-0.2, 0) is 7.05 Å². The van der Waals surface area contributed by atoms with Crippen LogP contribution in [0.15, 0.2) is 15.5 Å². The summed E-state index contributed by atoms with van der Waals surface area (Å²) in [7, 11) is 1.59. The zero-order valence-electron chi connectivity index (χ0n) is 12.0. The Hall–Kier alpha value is -2.15. The third-order valence-electron chi connectivity index (χ3n) is 3.90. The minimum absolute atomic E-state index is 0.0339. The Morgan fingerprint density at radius 3 is 3.00 bits per heavy atom. The summed E-state index contributed by atoms with van der Waals surface area (Å²) in [5.74, 6) is 0.549. The van der Waals surface area contributed by atoms with Gasteiger partial charge in [-0.05, 0) is 25.7 Å². The molecule has 0 aromatic carbocycles. The fourth-order valence-corrected chi connectivity index (χ4v) is 2.45. The van der Waals surface area contributed by atoms with Gasteiger partial charge >= 0.3 is 0 Å². The molecule has 2 aromatic rings. The first-order chi connectivity index (χ1) is 9.99. The molecule has 2 heterocycles. The first-order valence-corrected chi connectivity index (χ1v) is 6.97. The monoisotopic (exact) mass is 290 g/mol. The average Bonchev–Trinajstić information content (AvgIpc) is 3.23. The van der Waals surface area contributed by atoms with Gasteiger partial charge < -0.3 is 20.0 Å². The molecule has 3 N–H and O–H groups in total. The van der Waals surface area contributed by atoms with E-state index in [9.17, 15) is 9.59 Å². The van der Waals surface area contributed by atoms with E-state index in [1.807, 2.05) is 0 Å². The second-order valence-corrected chi connectivity index (χ2v) is 5.59. The number of fused-ring (bicyclic) bond motifs is 1. The van der Waals surface area contributed by atoms with Gasteiger partial charge in [-0.15, -0.1) is 0 Å². The quantitative estimate of drug-likeness (QED) is 0.843. The topological polar surface area (TPSA) is 103 Å². The summed E-state index contributed by atoms with van der Waals surface area (Å²) in [4.78, 5) is 28.6. The molecular formula is C14H18N4O3. The molecule has 0 saturated heterocycles. The average molecular weight is 290 g/mol. The van der Waals surface area contributed by atoms with E-state index in [1.54, 1.807) is 14.0 Å². The van der Waals surface area contributed by atoms with Crippen LogP contribution >= 0.6 is 0 Å². The summed E-state index contributed by atoms with van der Waals surface area (Å²) in [5.41, 5.74) is 6.11. The van der Waals surface area contributed by atoms with Crippen LogP contribution in [0, 0.1) is 12.8 Å². The van der Waals surface area contributed by atoms with Crippen molar-refractivity contribution in [1.82, 2.24) is 14.9 Å². The number of amides is 1. The van der Waals surface area contributed by atoms with Gasteiger partial charge in [0.05, 0.1) is 5.56 Å². The highest BCUT2D eigenvalue weighted by Crippen LogP contribution is 2.31. The molecule has 7 nitrogen and oxygen atoms in total. The predicted octanol–water partition coefficient (Wildman–Crippen LogP) is 0.302. The van der Waals surface area contributed by atoms with Crippen LogP contribution in [-0.4, -0.2) is 28.0 Å². The van der Waals surface area contributed by atoms with E-state index < -0.39 is 0 Å². The van der Waals surface area contributed by atoms with Crippen molar-refractivity contribution < 1.29 is 9.21 Å². The molecule has 21 heavy (non-hydrogen) atoms. The van der Waals surface area contributed by atoms with Crippen LogP contribution in [0.25, 0.3) is 11.1 Å². The summed E-state index contributed by atoms with van der Waals surface area (Å²) in [5, 5.41) is 3.00. The van der Waals surface area contributed by atoms with Gasteiger partial charge in [0.1, 0.15) is 17.5 Å². The maximum Gasteiger partial charge on any atom is 0.265 e. The molecule has 1 atom stereocenters. The van der Waals surface area contributed by atoms with Gasteiger partial charge in [0.15, 0.2) is 0 Å². The van der Waals surface area contributed by atoms with Crippen LogP contribution in [0.3, 0.4) is 0 Å². The van der Waals surface area contributed by atoms with Crippen molar-refractivity contribution in [2.45, 2.75) is 25.8 Å². The second-order valence-electron chi connectivity index (χ2n) is 5.59. The summed E-state index contributed by atoms with van der Waals surface area (Å²) >= 11 is 0. The van der Waals surface area contributed by atoms with Crippen LogP contribution in [0.2, 0.25) is 0 Å². The Morgan fingerprint density at radius 1 is 1.62 bits per heavy atom. The molecule has 1 aliphatic carbocycles. The molecular weight excluding hydrogens is 272 g/mol. The van der Waals surface area contributed by atoms with Gasteiger partial charge in [0, 0.05) is 19.6 Å². The number of carbonyl (C=O) groups excluding carboxylic acids is 1. The number of nitrogens with one attached hydrogen (secondary N) is 1. The van der Waals surface area contributed by atoms with Crippen LogP contribution < -0.4 is 16.6 Å². The minimum atomic E-state index is -0.340. The Morgan fingerprint density at radius 2 is 2.33 bits per heavy atom. The molecule has 0 bridgehead atoms. The third-order valence-corrected chi connectivity index (χ3v) is 3.90. The predicted molar refractivity (Wildman–Crippen MR) is 77.0 cm³/mol. The van der Waals surface area contributed by atoms with Crippen molar-refractivity contribution in [3.05, 3.63) is 28.0 Å². The number of furan rings is 1. The van der Waals surface area contributed by atoms with E-state index in [1.165, 1.54) is 10.9 Å². The highest BCUT2D eigenvalue weighted by atomic mass is 16.3. The van der Waals surface area contributed by atoms with Gasteiger partial charge in [-0.3, -0.25) is 9.59 Å². The number of nitrogens with zero attached hydrogens (tertiary/aromatic N) is 2. The van der Waals surface area contributed by atoms with Crippen molar-refractivity contribution in [2.75, 3.05) is 6.54 Å². The summed E-state index contributed by atoms with van der Waals surface area (Å²) in [6.45, 7) is 2.05. The Labute approximate surface area is 121 Å². The number of carbonyl (C=O) groups is 1. The third kappa shape index (κ3) is 2.44. The summed E-state index contributed by atoms with van der Waals surface area (Å²) in [6.07, 6.45) is 3.61. The fraction of sp³-hybridized carbons (Fsp3) is 0.500. The Bertz CT molecular complexity index is 757. The first kappa shape index (κ1) is 13.8. The van der Waals surface area contributed by atoms with E-state index in [4.69, 9.17) is 10.2 Å².